The van der Waals surface area contributed by atoms with Gasteiger partial charge in [0.05, 0.1) is 30.6 Å². The fourth-order valence-electron chi connectivity index (χ4n) is 2.06. The lowest BCUT2D eigenvalue weighted by atomic mass is 10.1. The molecule has 0 saturated heterocycles. The molecule has 0 aliphatic heterocycles. The Kier molecular flexibility index (Phi) is 4.11. The second kappa shape index (κ2) is 6.54. The van der Waals surface area contributed by atoms with Crippen LogP contribution in [0.3, 0.4) is 0 Å². The molecule has 0 aliphatic rings. The van der Waals surface area contributed by atoms with Crippen molar-refractivity contribution in [1.29, 1.82) is 5.26 Å². The van der Waals surface area contributed by atoms with Gasteiger partial charge < -0.3 is 10.1 Å². The molecule has 0 bridgehead atoms. The van der Waals surface area contributed by atoms with E-state index < -0.39 is 0 Å². The maximum absolute atomic E-state index is 9.20. The third-order valence-electron chi connectivity index (χ3n) is 3.19. The van der Waals surface area contributed by atoms with Crippen molar-refractivity contribution in [1.82, 2.24) is 15.0 Å². The van der Waals surface area contributed by atoms with E-state index in [-0.39, 0.29) is 0 Å². The predicted octanol–water partition coefficient (Wildman–Crippen LogP) is 3.16. The summed E-state index contributed by atoms with van der Waals surface area (Å²) in [6, 6.07) is 14.8. The molecule has 1 aromatic carbocycles. The van der Waals surface area contributed by atoms with E-state index in [4.69, 9.17) is 4.74 Å². The smallest absolute Gasteiger partial charge is 0.228 e. The quantitative estimate of drug-likeness (QED) is 0.797. The van der Waals surface area contributed by atoms with E-state index in [2.05, 4.69) is 26.3 Å². The first-order valence-electron chi connectivity index (χ1n) is 6.90. The maximum Gasteiger partial charge on any atom is 0.228 e. The van der Waals surface area contributed by atoms with E-state index >= 15 is 0 Å². The monoisotopic (exact) mass is 303 g/mol. The number of ether oxygens (including phenoxy) is 1. The van der Waals surface area contributed by atoms with E-state index in [1.54, 1.807) is 43.8 Å². The Morgan fingerprint density at radius 3 is 2.70 bits per heavy atom. The first kappa shape index (κ1) is 14.5. The standard InChI is InChI=1S/C17H13N5O/c1-23-13-6-7-16(20-11-13)22-17-19-9-8-15(21-17)14-5-3-2-4-12(14)10-18/h2-9,11H,1H3,(H,19,20,21,22). The van der Waals surface area contributed by atoms with E-state index in [0.29, 0.717) is 28.8 Å². The van der Waals surface area contributed by atoms with Crippen molar-refractivity contribution >= 4 is 11.8 Å². The van der Waals surface area contributed by atoms with Crippen LogP contribution >= 0.6 is 0 Å². The third kappa shape index (κ3) is 3.24. The van der Waals surface area contributed by atoms with Gasteiger partial charge in [-0.1, -0.05) is 18.2 Å². The summed E-state index contributed by atoms with van der Waals surface area (Å²) in [5.74, 6) is 1.69. The fourth-order valence-corrected chi connectivity index (χ4v) is 2.06. The van der Waals surface area contributed by atoms with Crippen molar-refractivity contribution in [3.63, 3.8) is 0 Å². The van der Waals surface area contributed by atoms with Gasteiger partial charge in [-0.05, 0) is 24.3 Å². The Morgan fingerprint density at radius 1 is 1.09 bits per heavy atom. The van der Waals surface area contributed by atoms with Crippen LogP contribution < -0.4 is 10.1 Å². The Labute approximate surface area is 133 Å². The molecule has 2 aromatic heterocycles. The zero-order valence-electron chi connectivity index (χ0n) is 12.4. The van der Waals surface area contributed by atoms with Crippen molar-refractivity contribution in [3.05, 3.63) is 60.4 Å². The zero-order chi connectivity index (χ0) is 16.1. The molecule has 3 rings (SSSR count). The summed E-state index contributed by atoms with van der Waals surface area (Å²) in [5, 5.41) is 12.2. The number of benzene rings is 1. The average Bonchev–Trinajstić information content (AvgIpc) is 2.62. The van der Waals surface area contributed by atoms with Crippen LogP contribution in [0, 0.1) is 11.3 Å². The summed E-state index contributed by atoms with van der Waals surface area (Å²) in [6.45, 7) is 0. The van der Waals surface area contributed by atoms with E-state index in [1.165, 1.54) is 0 Å². The summed E-state index contributed by atoms with van der Waals surface area (Å²) in [5.41, 5.74) is 2.01. The highest BCUT2D eigenvalue weighted by molar-refractivity contribution is 5.68. The molecule has 0 amide bonds. The molecule has 2 heterocycles. The van der Waals surface area contributed by atoms with Crippen LogP contribution in [0.25, 0.3) is 11.3 Å². The molecule has 1 N–H and O–H groups in total. The highest BCUT2D eigenvalue weighted by atomic mass is 16.5. The van der Waals surface area contributed by atoms with Gasteiger partial charge >= 0.3 is 0 Å². The van der Waals surface area contributed by atoms with Crippen molar-refractivity contribution in [2.24, 2.45) is 0 Å². The Morgan fingerprint density at radius 2 is 1.96 bits per heavy atom. The van der Waals surface area contributed by atoms with E-state index in [1.807, 2.05) is 18.2 Å². The summed E-state index contributed by atoms with van der Waals surface area (Å²) in [7, 11) is 1.59. The van der Waals surface area contributed by atoms with Crippen LogP contribution in [-0.2, 0) is 0 Å². The van der Waals surface area contributed by atoms with Gasteiger partial charge in [0.1, 0.15) is 11.6 Å². The number of aromatic nitrogens is 3. The van der Waals surface area contributed by atoms with Gasteiger partial charge in [-0.3, -0.25) is 0 Å². The number of nitrogens with zero attached hydrogens (tertiary/aromatic N) is 4. The van der Waals surface area contributed by atoms with Crippen molar-refractivity contribution in [3.8, 4) is 23.1 Å². The summed E-state index contributed by atoms with van der Waals surface area (Å²) < 4.78 is 5.07. The minimum Gasteiger partial charge on any atom is -0.495 e. The number of hydrogen-bond donors (Lipinski definition) is 1. The highest BCUT2D eigenvalue weighted by Crippen LogP contribution is 2.22. The zero-order valence-corrected chi connectivity index (χ0v) is 12.4. The van der Waals surface area contributed by atoms with Crippen LogP contribution in [-0.4, -0.2) is 22.1 Å². The SMILES string of the molecule is COc1ccc(Nc2nccc(-c3ccccc3C#N)n2)nc1. The molecule has 0 spiro atoms. The number of hydrogen-bond acceptors (Lipinski definition) is 6. The van der Waals surface area contributed by atoms with Gasteiger partial charge in [0.15, 0.2) is 0 Å². The predicted molar refractivity (Wildman–Crippen MR) is 86.3 cm³/mol. The molecule has 0 saturated carbocycles. The third-order valence-corrected chi connectivity index (χ3v) is 3.19. The number of rotatable bonds is 4. The summed E-state index contributed by atoms with van der Waals surface area (Å²) in [6.07, 6.45) is 3.25. The van der Waals surface area contributed by atoms with Crippen LogP contribution in [0.2, 0.25) is 0 Å². The van der Waals surface area contributed by atoms with Gasteiger partial charge in [-0.15, -0.1) is 0 Å². The lowest BCUT2D eigenvalue weighted by molar-refractivity contribution is 0.413. The van der Waals surface area contributed by atoms with Crippen molar-refractivity contribution in [2.45, 2.75) is 0 Å². The summed E-state index contributed by atoms with van der Waals surface area (Å²) >= 11 is 0. The van der Waals surface area contributed by atoms with Gasteiger partial charge in [0, 0.05) is 11.8 Å². The molecule has 0 radical (unpaired) electrons. The molecular formula is C17H13N5O. The molecule has 0 atom stereocenters. The van der Waals surface area contributed by atoms with Crippen LogP contribution in [0.4, 0.5) is 11.8 Å². The molecule has 23 heavy (non-hydrogen) atoms. The molecule has 0 unspecified atom stereocenters. The molecule has 112 valence electrons. The Balaban J connectivity index is 1.89. The van der Waals surface area contributed by atoms with Gasteiger partial charge in [-0.2, -0.15) is 5.26 Å². The molecule has 6 nitrogen and oxygen atoms in total. The number of methoxy groups -OCH3 is 1. The largest absolute Gasteiger partial charge is 0.495 e. The normalized spacial score (nSPS) is 9.91. The summed E-state index contributed by atoms with van der Waals surface area (Å²) in [4.78, 5) is 12.8. The molecule has 0 fully saturated rings. The van der Waals surface area contributed by atoms with Gasteiger partial charge in [-0.25, -0.2) is 15.0 Å². The number of anilines is 2. The number of pyridine rings is 1. The second-order valence-electron chi connectivity index (χ2n) is 4.63. The highest BCUT2D eigenvalue weighted by Gasteiger charge is 2.07. The Hall–Kier alpha value is -3.46. The molecule has 6 heteroatoms. The van der Waals surface area contributed by atoms with Crippen LogP contribution in [0.5, 0.6) is 5.75 Å². The maximum atomic E-state index is 9.20. The van der Waals surface area contributed by atoms with Crippen LogP contribution in [0.1, 0.15) is 5.56 Å². The minimum absolute atomic E-state index is 0.410. The minimum atomic E-state index is 0.410. The van der Waals surface area contributed by atoms with Gasteiger partial charge in [0.2, 0.25) is 5.95 Å². The lowest BCUT2D eigenvalue weighted by Gasteiger charge is -2.07. The lowest BCUT2D eigenvalue weighted by Crippen LogP contribution is -2.00. The van der Waals surface area contributed by atoms with Crippen LogP contribution in [0.15, 0.2) is 54.9 Å². The van der Waals surface area contributed by atoms with Gasteiger partial charge in [0.25, 0.3) is 0 Å². The Bertz CT molecular complexity index is 855. The second-order valence-corrected chi connectivity index (χ2v) is 4.63. The first-order valence-corrected chi connectivity index (χ1v) is 6.90. The van der Waals surface area contributed by atoms with Crippen molar-refractivity contribution in [2.75, 3.05) is 12.4 Å². The average molecular weight is 303 g/mol. The van der Waals surface area contributed by atoms with E-state index in [0.717, 1.165) is 5.56 Å². The number of nitrogens with one attached hydrogen (secondary N) is 1. The number of nitriles is 1. The topological polar surface area (TPSA) is 83.7 Å². The molecule has 3 aromatic rings. The molecule has 0 aliphatic carbocycles. The molecular weight excluding hydrogens is 290 g/mol. The van der Waals surface area contributed by atoms with E-state index in [9.17, 15) is 5.26 Å². The first-order chi connectivity index (χ1) is 11.3. The van der Waals surface area contributed by atoms with Crippen molar-refractivity contribution < 1.29 is 4.74 Å². The fraction of sp³-hybridized carbons (Fsp3) is 0.0588.